The Balaban J connectivity index is 0.00000676. The summed E-state index contributed by atoms with van der Waals surface area (Å²) in [6.07, 6.45) is -0.359. The van der Waals surface area contributed by atoms with Gasteiger partial charge in [-0.1, -0.05) is 0 Å². The first-order chi connectivity index (χ1) is 12.2. The van der Waals surface area contributed by atoms with Crippen LogP contribution in [-0.2, 0) is 4.74 Å². The van der Waals surface area contributed by atoms with Crippen LogP contribution in [0.15, 0.2) is 23.2 Å². The van der Waals surface area contributed by atoms with Gasteiger partial charge in [0.25, 0.3) is 0 Å². The SMILES string of the molecule is CN=C(NCCN(C)C(=O)OC(C)(C)C)Nc1ccc(OC)c(OC)c1.I. The highest BCUT2D eigenvalue weighted by Gasteiger charge is 2.19. The van der Waals surface area contributed by atoms with Crippen LogP contribution >= 0.6 is 24.0 Å². The predicted molar refractivity (Wildman–Crippen MR) is 119 cm³/mol. The summed E-state index contributed by atoms with van der Waals surface area (Å²) >= 11 is 0. The van der Waals surface area contributed by atoms with Crippen LogP contribution in [0.4, 0.5) is 10.5 Å². The third kappa shape index (κ3) is 9.03. The first kappa shape index (κ1) is 25.1. The molecule has 0 aliphatic rings. The molecule has 0 atom stereocenters. The largest absolute Gasteiger partial charge is 0.493 e. The van der Waals surface area contributed by atoms with Crippen molar-refractivity contribution in [2.45, 2.75) is 26.4 Å². The molecule has 27 heavy (non-hydrogen) atoms. The van der Waals surface area contributed by atoms with Gasteiger partial charge in [0.15, 0.2) is 17.5 Å². The zero-order valence-corrected chi connectivity index (χ0v) is 19.4. The van der Waals surface area contributed by atoms with Gasteiger partial charge in [-0.05, 0) is 32.9 Å². The third-order valence-electron chi connectivity index (χ3n) is 3.31. The Morgan fingerprint density at radius 1 is 1.19 bits per heavy atom. The number of amides is 1. The maximum Gasteiger partial charge on any atom is 0.410 e. The molecule has 2 N–H and O–H groups in total. The van der Waals surface area contributed by atoms with Gasteiger partial charge in [-0.25, -0.2) is 4.79 Å². The summed E-state index contributed by atoms with van der Waals surface area (Å²) in [5.74, 6) is 1.85. The fourth-order valence-electron chi connectivity index (χ4n) is 2.00. The second-order valence-electron chi connectivity index (χ2n) is 6.60. The fourth-order valence-corrected chi connectivity index (χ4v) is 2.00. The van der Waals surface area contributed by atoms with Crippen molar-refractivity contribution in [2.75, 3.05) is 46.7 Å². The van der Waals surface area contributed by atoms with E-state index >= 15 is 0 Å². The van der Waals surface area contributed by atoms with E-state index in [4.69, 9.17) is 14.2 Å². The van der Waals surface area contributed by atoms with Gasteiger partial charge in [-0.15, -0.1) is 24.0 Å². The summed E-state index contributed by atoms with van der Waals surface area (Å²) in [4.78, 5) is 17.6. The number of hydrogen-bond donors (Lipinski definition) is 2. The molecule has 0 fully saturated rings. The lowest BCUT2D eigenvalue weighted by Gasteiger charge is -2.25. The Bertz CT molecular complexity index is 632. The van der Waals surface area contributed by atoms with Crippen LogP contribution in [0.1, 0.15) is 20.8 Å². The molecule has 8 nitrogen and oxygen atoms in total. The number of carbonyl (C=O) groups excluding carboxylic acids is 1. The Kier molecular flexibility index (Phi) is 10.9. The van der Waals surface area contributed by atoms with E-state index in [-0.39, 0.29) is 30.1 Å². The molecule has 1 amide bonds. The lowest BCUT2D eigenvalue weighted by Crippen LogP contribution is -2.40. The molecular formula is C18H31IN4O4. The van der Waals surface area contributed by atoms with Crippen molar-refractivity contribution in [3.63, 3.8) is 0 Å². The Labute approximate surface area is 178 Å². The van der Waals surface area contributed by atoms with Gasteiger partial charge in [0.2, 0.25) is 0 Å². The van der Waals surface area contributed by atoms with Gasteiger partial charge in [0, 0.05) is 38.9 Å². The van der Waals surface area contributed by atoms with Gasteiger partial charge in [-0.2, -0.15) is 0 Å². The molecule has 0 spiro atoms. The van der Waals surface area contributed by atoms with Crippen LogP contribution in [0.25, 0.3) is 0 Å². The molecule has 1 aromatic carbocycles. The Morgan fingerprint density at radius 2 is 1.81 bits per heavy atom. The maximum absolute atomic E-state index is 11.9. The number of carbonyl (C=O) groups is 1. The van der Waals surface area contributed by atoms with Crippen molar-refractivity contribution in [3.8, 4) is 11.5 Å². The van der Waals surface area contributed by atoms with Gasteiger partial charge >= 0.3 is 6.09 Å². The minimum absolute atomic E-state index is 0. The quantitative estimate of drug-likeness (QED) is 0.359. The molecule has 154 valence electrons. The van der Waals surface area contributed by atoms with Crippen molar-refractivity contribution in [1.82, 2.24) is 10.2 Å². The monoisotopic (exact) mass is 494 g/mol. The molecule has 0 saturated heterocycles. The molecule has 0 unspecified atom stereocenters. The highest BCUT2D eigenvalue weighted by atomic mass is 127. The van der Waals surface area contributed by atoms with E-state index in [0.29, 0.717) is 30.5 Å². The first-order valence-corrected chi connectivity index (χ1v) is 8.34. The number of likely N-dealkylation sites (N-methyl/N-ethyl adjacent to an activating group) is 1. The van der Waals surface area contributed by atoms with Crippen LogP contribution in [0.3, 0.4) is 0 Å². The Morgan fingerprint density at radius 3 is 2.33 bits per heavy atom. The number of methoxy groups -OCH3 is 2. The molecule has 0 radical (unpaired) electrons. The molecular weight excluding hydrogens is 463 g/mol. The summed E-state index contributed by atoms with van der Waals surface area (Å²) in [5, 5.41) is 6.31. The number of hydrogen-bond acceptors (Lipinski definition) is 5. The normalized spacial score (nSPS) is 11.1. The molecule has 0 aromatic heterocycles. The number of halogens is 1. The lowest BCUT2D eigenvalue weighted by molar-refractivity contribution is 0.0302. The zero-order valence-electron chi connectivity index (χ0n) is 17.1. The molecule has 0 bridgehead atoms. The van der Waals surface area contributed by atoms with Crippen molar-refractivity contribution in [3.05, 3.63) is 18.2 Å². The second kappa shape index (κ2) is 11.7. The molecule has 0 aliphatic carbocycles. The van der Waals surface area contributed by atoms with E-state index in [1.807, 2.05) is 39.0 Å². The van der Waals surface area contributed by atoms with Crippen LogP contribution in [0.5, 0.6) is 11.5 Å². The van der Waals surface area contributed by atoms with Crippen LogP contribution in [-0.4, -0.2) is 64.0 Å². The van der Waals surface area contributed by atoms with Crippen molar-refractivity contribution < 1.29 is 19.0 Å². The molecule has 0 heterocycles. The van der Waals surface area contributed by atoms with Gasteiger partial charge in [0.1, 0.15) is 5.60 Å². The number of ether oxygens (including phenoxy) is 3. The topological polar surface area (TPSA) is 84.4 Å². The minimum Gasteiger partial charge on any atom is -0.493 e. The zero-order chi connectivity index (χ0) is 19.7. The van der Waals surface area contributed by atoms with E-state index in [0.717, 1.165) is 5.69 Å². The van der Waals surface area contributed by atoms with E-state index < -0.39 is 5.60 Å². The summed E-state index contributed by atoms with van der Waals surface area (Å²) in [6.45, 7) is 6.51. The molecule has 1 rings (SSSR count). The maximum atomic E-state index is 11.9. The fraction of sp³-hybridized carbons (Fsp3) is 0.556. The van der Waals surface area contributed by atoms with Crippen LogP contribution < -0.4 is 20.1 Å². The van der Waals surface area contributed by atoms with Gasteiger partial charge < -0.3 is 29.7 Å². The first-order valence-electron chi connectivity index (χ1n) is 8.34. The average molecular weight is 494 g/mol. The molecule has 0 aliphatic heterocycles. The third-order valence-corrected chi connectivity index (χ3v) is 3.31. The highest BCUT2D eigenvalue weighted by Crippen LogP contribution is 2.29. The number of nitrogens with zero attached hydrogens (tertiary/aromatic N) is 2. The lowest BCUT2D eigenvalue weighted by atomic mass is 10.2. The molecule has 9 heteroatoms. The smallest absolute Gasteiger partial charge is 0.410 e. The minimum atomic E-state index is -0.510. The summed E-state index contributed by atoms with van der Waals surface area (Å²) in [5.41, 5.74) is 0.292. The number of nitrogens with one attached hydrogen (secondary N) is 2. The summed E-state index contributed by atoms with van der Waals surface area (Å²) in [7, 11) is 6.54. The van der Waals surface area contributed by atoms with Gasteiger partial charge in [0.05, 0.1) is 14.2 Å². The van der Waals surface area contributed by atoms with Crippen molar-refractivity contribution in [2.24, 2.45) is 4.99 Å². The number of aliphatic imine (C=N–C) groups is 1. The van der Waals surface area contributed by atoms with Gasteiger partial charge in [-0.3, -0.25) is 4.99 Å². The standard InChI is InChI=1S/C18H30N4O4.HI/c1-18(2,3)26-17(23)22(5)11-10-20-16(19-4)21-13-8-9-14(24-6)15(12-13)25-7;/h8-9,12H,10-11H2,1-7H3,(H2,19,20,21);1H. The van der Waals surface area contributed by atoms with Crippen LogP contribution in [0, 0.1) is 0 Å². The Hall–Kier alpha value is -1.91. The van der Waals surface area contributed by atoms with Crippen LogP contribution in [0.2, 0.25) is 0 Å². The second-order valence-corrected chi connectivity index (χ2v) is 6.60. The number of guanidine groups is 1. The summed E-state index contributed by atoms with van der Waals surface area (Å²) in [6, 6.07) is 5.49. The molecule has 1 aromatic rings. The summed E-state index contributed by atoms with van der Waals surface area (Å²) < 4.78 is 15.8. The molecule has 0 saturated carbocycles. The van der Waals surface area contributed by atoms with E-state index in [9.17, 15) is 4.79 Å². The van der Waals surface area contributed by atoms with Crippen molar-refractivity contribution >= 4 is 41.7 Å². The van der Waals surface area contributed by atoms with E-state index in [1.165, 1.54) is 4.90 Å². The number of anilines is 1. The van der Waals surface area contributed by atoms with E-state index in [2.05, 4.69) is 15.6 Å². The van der Waals surface area contributed by atoms with E-state index in [1.54, 1.807) is 28.3 Å². The number of rotatable bonds is 6. The van der Waals surface area contributed by atoms with Crippen molar-refractivity contribution in [1.29, 1.82) is 0 Å². The number of benzene rings is 1. The average Bonchev–Trinajstić information content (AvgIpc) is 2.58. The highest BCUT2D eigenvalue weighted by molar-refractivity contribution is 14.0. The predicted octanol–water partition coefficient (Wildman–Crippen LogP) is 3.18.